The summed E-state index contributed by atoms with van der Waals surface area (Å²) in [6.45, 7) is 0.725. The molecular weight excluding hydrogens is 222 g/mol. The molecule has 2 N–H and O–H groups in total. The molecule has 0 unspecified atom stereocenters. The van der Waals surface area contributed by atoms with E-state index in [1.807, 2.05) is 12.1 Å². The van der Waals surface area contributed by atoms with Crippen LogP contribution in [0.1, 0.15) is 54.4 Å². The molecule has 0 radical (unpaired) electrons. The molecule has 0 aromatic heterocycles. The quantitative estimate of drug-likeness (QED) is 0.808. The van der Waals surface area contributed by atoms with Crippen LogP contribution in [0.4, 0.5) is 0 Å². The molecule has 0 amide bonds. The van der Waals surface area contributed by atoms with E-state index in [1.165, 1.54) is 24.8 Å². The fourth-order valence-electron chi connectivity index (χ4n) is 2.74. The molecule has 2 heteroatoms. The van der Waals surface area contributed by atoms with Gasteiger partial charge < -0.3 is 5.73 Å². The zero-order chi connectivity index (χ0) is 12.8. The van der Waals surface area contributed by atoms with Gasteiger partial charge in [-0.05, 0) is 37.8 Å². The van der Waals surface area contributed by atoms with Gasteiger partial charge in [0, 0.05) is 11.5 Å². The van der Waals surface area contributed by atoms with E-state index < -0.39 is 0 Å². The van der Waals surface area contributed by atoms with Gasteiger partial charge in [0.2, 0.25) is 0 Å². The summed E-state index contributed by atoms with van der Waals surface area (Å²) in [5.41, 5.74) is 7.66. The highest BCUT2D eigenvalue weighted by Crippen LogP contribution is 2.27. The molecule has 18 heavy (non-hydrogen) atoms. The van der Waals surface area contributed by atoms with Gasteiger partial charge in [-0.15, -0.1) is 0 Å². The Bertz CT molecular complexity index is 377. The van der Waals surface area contributed by atoms with Gasteiger partial charge in [-0.2, -0.15) is 0 Å². The van der Waals surface area contributed by atoms with Gasteiger partial charge in [-0.1, -0.05) is 43.5 Å². The smallest absolute Gasteiger partial charge is 0.165 e. The molecule has 0 atom stereocenters. The van der Waals surface area contributed by atoms with Gasteiger partial charge in [-0.3, -0.25) is 4.79 Å². The summed E-state index contributed by atoms with van der Waals surface area (Å²) in [5.74, 6) is 0.619. The molecule has 1 aromatic carbocycles. The fraction of sp³-hybridized carbons (Fsp3) is 0.562. The van der Waals surface area contributed by atoms with Crippen molar-refractivity contribution < 1.29 is 4.79 Å². The van der Waals surface area contributed by atoms with Crippen molar-refractivity contribution in [2.45, 2.75) is 44.9 Å². The molecule has 98 valence electrons. The van der Waals surface area contributed by atoms with Crippen LogP contribution in [0, 0.1) is 5.92 Å². The summed E-state index contributed by atoms with van der Waals surface area (Å²) in [4.78, 5) is 12.3. The summed E-state index contributed by atoms with van der Waals surface area (Å²) in [6, 6.07) is 8.13. The highest BCUT2D eigenvalue weighted by Gasteiger charge is 2.21. The minimum Gasteiger partial charge on any atom is -0.330 e. The molecule has 1 aromatic rings. The van der Waals surface area contributed by atoms with E-state index in [0.29, 0.717) is 5.78 Å². The Morgan fingerprint density at radius 1 is 1.11 bits per heavy atom. The molecule has 0 heterocycles. The van der Waals surface area contributed by atoms with Crippen LogP contribution in [0.2, 0.25) is 0 Å². The van der Waals surface area contributed by atoms with Crippen molar-refractivity contribution in [1.29, 1.82) is 0 Å². The third kappa shape index (κ3) is 3.42. The number of hydrogen-bond donors (Lipinski definition) is 1. The van der Waals surface area contributed by atoms with Gasteiger partial charge in [0.05, 0.1) is 0 Å². The summed E-state index contributed by atoms with van der Waals surface area (Å²) < 4.78 is 0. The Kier molecular flexibility index (Phi) is 4.94. The molecule has 1 aliphatic rings. The van der Waals surface area contributed by atoms with Crippen LogP contribution in [0.5, 0.6) is 0 Å². The van der Waals surface area contributed by atoms with E-state index in [4.69, 9.17) is 5.73 Å². The van der Waals surface area contributed by atoms with E-state index in [-0.39, 0.29) is 5.92 Å². The first kappa shape index (κ1) is 13.3. The Labute approximate surface area is 110 Å². The molecule has 0 saturated heterocycles. The molecule has 2 nitrogen and oxygen atoms in total. The molecule has 0 spiro atoms. The number of ketones is 1. The molecule has 1 fully saturated rings. The lowest BCUT2D eigenvalue weighted by Gasteiger charge is -2.20. The van der Waals surface area contributed by atoms with Crippen molar-refractivity contribution >= 4 is 5.78 Å². The van der Waals surface area contributed by atoms with E-state index in [0.717, 1.165) is 37.8 Å². The summed E-state index contributed by atoms with van der Waals surface area (Å²) in [6.07, 6.45) is 7.89. The number of rotatable bonds is 5. The van der Waals surface area contributed by atoms with Gasteiger partial charge in [0.15, 0.2) is 5.78 Å². The normalized spacial score (nSPS) is 16.7. The van der Waals surface area contributed by atoms with Gasteiger partial charge in [0.1, 0.15) is 0 Å². The Morgan fingerprint density at radius 2 is 1.78 bits per heavy atom. The number of Topliss-reactive ketones (excluding diaryl/α,β-unsaturated/α-hetero) is 1. The van der Waals surface area contributed by atoms with E-state index in [1.54, 1.807) is 0 Å². The topological polar surface area (TPSA) is 43.1 Å². The number of nitrogens with two attached hydrogens (primary N) is 1. The van der Waals surface area contributed by atoms with Crippen LogP contribution >= 0.6 is 0 Å². The number of aryl methyl sites for hydroxylation is 1. The SMILES string of the molecule is NCCCc1ccc(C(=O)C2CCCCC2)cc1. The average Bonchev–Trinajstić information content (AvgIpc) is 2.46. The van der Waals surface area contributed by atoms with Crippen molar-refractivity contribution in [3.8, 4) is 0 Å². The highest BCUT2D eigenvalue weighted by molar-refractivity contribution is 5.97. The first-order valence-electron chi connectivity index (χ1n) is 7.14. The average molecular weight is 245 g/mol. The van der Waals surface area contributed by atoms with Crippen LogP contribution in [-0.2, 0) is 6.42 Å². The van der Waals surface area contributed by atoms with Crippen LogP contribution in [0.3, 0.4) is 0 Å². The summed E-state index contributed by atoms with van der Waals surface area (Å²) in [7, 11) is 0. The second-order valence-corrected chi connectivity index (χ2v) is 5.29. The maximum absolute atomic E-state index is 12.3. The maximum Gasteiger partial charge on any atom is 0.165 e. The predicted molar refractivity (Wildman–Crippen MR) is 74.7 cm³/mol. The lowest BCUT2D eigenvalue weighted by molar-refractivity contribution is 0.0889. The number of carbonyl (C=O) groups excluding carboxylic acids is 1. The van der Waals surface area contributed by atoms with Crippen LogP contribution < -0.4 is 5.73 Å². The lowest BCUT2D eigenvalue weighted by Crippen LogP contribution is -2.17. The Morgan fingerprint density at radius 3 is 2.39 bits per heavy atom. The largest absolute Gasteiger partial charge is 0.330 e. The second kappa shape index (κ2) is 6.69. The Balaban J connectivity index is 1.97. The van der Waals surface area contributed by atoms with E-state index in [2.05, 4.69) is 12.1 Å². The van der Waals surface area contributed by atoms with Crippen molar-refractivity contribution in [3.63, 3.8) is 0 Å². The highest BCUT2D eigenvalue weighted by atomic mass is 16.1. The van der Waals surface area contributed by atoms with Crippen LogP contribution in [0.15, 0.2) is 24.3 Å². The number of hydrogen-bond acceptors (Lipinski definition) is 2. The fourth-order valence-corrected chi connectivity index (χ4v) is 2.74. The van der Waals surface area contributed by atoms with Crippen molar-refractivity contribution in [1.82, 2.24) is 0 Å². The van der Waals surface area contributed by atoms with Gasteiger partial charge in [-0.25, -0.2) is 0 Å². The number of carbonyl (C=O) groups is 1. The second-order valence-electron chi connectivity index (χ2n) is 5.29. The summed E-state index contributed by atoms with van der Waals surface area (Å²) in [5, 5.41) is 0. The summed E-state index contributed by atoms with van der Waals surface area (Å²) >= 11 is 0. The first-order valence-corrected chi connectivity index (χ1v) is 7.14. The standard InChI is InChI=1S/C16H23NO/c17-12-4-5-13-8-10-15(11-9-13)16(18)14-6-2-1-3-7-14/h8-11,14H,1-7,12,17H2. The van der Waals surface area contributed by atoms with E-state index >= 15 is 0 Å². The zero-order valence-corrected chi connectivity index (χ0v) is 11.0. The molecule has 1 saturated carbocycles. The van der Waals surface area contributed by atoms with Gasteiger partial charge >= 0.3 is 0 Å². The lowest BCUT2D eigenvalue weighted by atomic mass is 9.84. The molecule has 0 bridgehead atoms. The molecule has 2 rings (SSSR count). The zero-order valence-electron chi connectivity index (χ0n) is 11.0. The van der Waals surface area contributed by atoms with E-state index in [9.17, 15) is 4.79 Å². The van der Waals surface area contributed by atoms with Crippen molar-refractivity contribution in [3.05, 3.63) is 35.4 Å². The molecule has 0 aliphatic heterocycles. The third-order valence-corrected chi connectivity index (χ3v) is 3.88. The van der Waals surface area contributed by atoms with Crippen molar-refractivity contribution in [2.24, 2.45) is 11.7 Å². The molecule has 1 aliphatic carbocycles. The minimum atomic E-state index is 0.272. The van der Waals surface area contributed by atoms with Gasteiger partial charge in [0.25, 0.3) is 0 Å². The monoisotopic (exact) mass is 245 g/mol. The van der Waals surface area contributed by atoms with Crippen molar-refractivity contribution in [2.75, 3.05) is 6.54 Å². The predicted octanol–water partition coefficient (Wildman–Crippen LogP) is 3.34. The number of benzene rings is 1. The third-order valence-electron chi connectivity index (χ3n) is 3.88. The maximum atomic E-state index is 12.3. The van der Waals surface area contributed by atoms with Crippen LogP contribution in [-0.4, -0.2) is 12.3 Å². The van der Waals surface area contributed by atoms with Crippen LogP contribution in [0.25, 0.3) is 0 Å². The Hall–Kier alpha value is -1.15. The first-order chi connectivity index (χ1) is 8.81. The minimum absolute atomic E-state index is 0.272. The molecular formula is C16H23NO.